The van der Waals surface area contributed by atoms with Crippen LogP contribution in [0.3, 0.4) is 0 Å². The Morgan fingerprint density at radius 2 is 1.77 bits per heavy atom. The number of fused-ring (bicyclic) bond motifs is 1. The highest BCUT2D eigenvalue weighted by Crippen LogP contribution is 2.44. The van der Waals surface area contributed by atoms with E-state index in [-0.39, 0.29) is 23.7 Å². The first-order valence-corrected chi connectivity index (χ1v) is 14.7. The summed E-state index contributed by atoms with van der Waals surface area (Å²) in [6.45, 7) is 1.88. The zero-order valence-electron chi connectivity index (χ0n) is 21.8. The third-order valence-electron chi connectivity index (χ3n) is 7.59. The molecule has 202 valence electrons. The number of nitriles is 2. The number of anilines is 1. The summed E-state index contributed by atoms with van der Waals surface area (Å²) >= 11 is 0. The molecule has 2 aliphatic rings. The Kier molecular flexibility index (Phi) is 6.62. The number of rotatable bonds is 9. The van der Waals surface area contributed by atoms with E-state index in [2.05, 4.69) is 30.0 Å². The highest BCUT2D eigenvalue weighted by molar-refractivity contribution is 7.90. The lowest BCUT2D eigenvalue weighted by atomic mass is 9.92. The highest BCUT2D eigenvalue weighted by atomic mass is 32.2. The van der Waals surface area contributed by atoms with Gasteiger partial charge >= 0.3 is 0 Å². The molecule has 0 aliphatic heterocycles. The third kappa shape index (κ3) is 4.97. The van der Waals surface area contributed by atoms with Gasteiger partial charge in [-0.3, -0.25) is 4.72 Å². The van der Waals surface area contributed by atoms with E-state index < -0.39 is 10.2 Å². The summed E-state index contributed by atoms with van der Waals surface area (Å²) in [5.74, 6) is 0.999. The summed E-state index contributed by atoms with van der Waals surface area (Å²) in [6, 6.07) is 17.0. The summed E-state index contributed by atoms with van der Waals surface area (Å²) in [4.78, 5) is 8.14. The maximum atomic E-state index is 12.6. The average molecular weight is 554 g/mol. The van der Waals surface area contributed by atoms with Gasteiger partial charge in [0.25, 0.3) is 16.1 Å². The fourth-order valence-corrected chi connectivity index (χ4v) is 6.37. The molecule has 0 radical (unpaired) electrons. The van der Waals surface area contributed by atoms with Gasteiger partial charge in [-0.1, -0.05) is 12.1 Å². The summed E-state index contributed by atoms with van der Waals surface area (Å²) in [5, 5.41) is 20.4. The molecule has 2 aliphatic carbocycles. The van der Waals surface area contributed by atoms with E-state index >= 15 is 0 Å². The van der Waals surface area contributed by atoms with Crippen LogP contribution in [0.2, 0.25) is 0 Å². The van der Waals surface area contributed by atoms with Crippen LogP contribution in [0.1, 0.15) is 56.3 Å². The molecular formula is C29H27N7O3S. The Balaban J connectivity index is 1.36. The zero-order valence-corrected chi connectivity index (χ0v) is 22.6. The SMILES string of the molecule is C[C@H](NS(=O)(=O)Nc1ccc(-c2c(C#N)c3ccc(Oc4nccnc4C#N)cc3n2C2CCC2)cc1)C1CC1. The molecule has 11 heteroatoms. The molecule has 0 unspecified atom stereocenters. The van der Waals surface area contributed by atoms with Crippen LogP contribution in [0.25, 0.3) is 22.2 Å². The lowest BCUT2D eigenvalue weighted by Gasteiger charge is -2.30. The minimum absolute atomic E-state index is 0.0864. The standard InChI is InChI=1S/C29H27N7O3S/c1-18(19-5-6-19)34-40(37,38)35-21-9-7-20(8-10-21)28-25(16-30)24-12-11-23(15-27(24)36(28)22-3-2-4-22)39-29-26(17-31)32-13-14-33-29/h7-15,18-19,22,34-35H,2-6H2,1H3/t18-/m0/s1. The minimum Gasteiger partial charge on any atom is -0.436 e. The second-order valence-electron chi connectivity index (χ2n) is 10.3. The molecule has 0 bridgehead atoms. The summed E-state index contributed by atoms with van der Waals surface area (Å²) in [7, 11) is -3.70. The number of nitrogens with one attached hydrogen (secondary N) is 2. The van der Waals surface area contributed by atoms with Crippen molar-refractivity contribution >= 4 is 26.8 Å². The highest BCUT2D eigenvalue weighted by Gasteiger charge is 2.31. The van der Waals surface area contributed by atoms with Crippen molar-refractivity contribution in [1.82, 2.24) is 19.3 Å². The maximum Gasteiger partial charge on any atom is 0.299 e. The van der Waals surface area contributed by atoms with Gasteiger partial charge in [0.1, 0.15) is 17.9 Å². The number of aromatic nitrogens is 3. The number of nitrogens with zero attached hydrogens (tertiary/aromatic N) is 5. The van der Waals surface area contributed by atoms with Crippen LogP contribution < -0.4 is 14.2 Å². The quantitative estimate of drug-likeness (QED) is 0.282. The van der Waals surface area contributed by atoms with Crippen molar-refractivity contribution in [3.63, 3.8) is 0 Å². The van der Waals surface area contributed by atoms with Gasteiger partial charge in [-0.25, -0.2) is 9.97 Å². The lowest BCUT2D eigenvalue weighted by Crippen LogP contribution is -2.38. The molecule has 10 nitrogen and oxygen atoms in total. The Morgan fingerprint density at radius 3 is 2.42 bits per heavy atom. The van der Waals surface area contributed by atoms with Gasteiger partial charge in [-0.2, -0.15) is 23.7 Å². The van der Waals surface area contributed by atoms with Gasteiger partial charge in [-0.05, 0) is 74.8 Å². The Morgan fingerprint density at radius 1 is 1.02 bits per heavy atom. The molecule has 2 saturated carbocycles. The van der Waals surface area contributed by atoms with Crippen LogP contribution in [0.5, 0.6) is 11.6 Å². The molecule has 6 rings (SSSR count). The van der Waals surface area contributed by atoms with Crippen molar-refractivity contribution in [3.05, 3.63) is 66.1 Å². The largest absolute Gasteiger partial charge is 0.436 e. The van der Waals surface area contributed by atoms with Crippen LogP contribution in [-0.4, -0.2) is 29.0 Å². The molecule has 0 spiro atoms. The molecule has 2 fully saturated rings. The number of hydrogen-bond donors (Lipinski definition) is 2. The average Bonchev–Trinajstić information content (AvgIpc) is 3.72. The maximum absolute atomic E-state index is 12.6. The van der Waals surface area contributed by atoms with E-state index in [0.29, 0.717) is 22.9 Å². The Hall–Kier alpha value is -4.45. The first-order chi connectivity index (χ1) is 19.4. The summed E-state index contributed by atoms with van der Waals surface area (Å²) in [5.41, 5.74) is 3.51. The molecule has 2 N–H and O–H groups in total. The molecule has 2 aromatic carbocycles. The fraction of sp³-hybridized carbons (Fsp3) is 0.310. The topological polar surface area (TPSA) is 146 Å². The van der Waals surface area contributed by atoms with E-state index in [9.17, 15) is 18.9 Å². The van der Waals surface area contributed by atoms with E-state index in [4.69, 9.17) is 4.74 Å². The van der Waals surface area contributed by atoms with Crippen molar-refractivity contribution in [1.29, 1.82) is 10.5 Å². The molecule has 0 saturated heterocycles. The number of benzene rings is 2. The van der Waals surface area contributed by atoms with Crippen molar-refractivity contribution in [2.45, 2.75) is 51.1 Å². The molecule has 4 aromatic rings. The van der Waals surface area contributed by atoms with Crippen LogP contribution in [-0.2, 0) is 10.2 Å². The molecule has 2 heterocycles. The van der Waals surface area contributed by atoms with Gasteiger partial charge in [0.05, 0.1) is 16.8 Å². The second kappa shape index (κ2) is 10.3. The van der Waals surface area contributed by atoms with E-state index in [1.165, 1.54) is 12.4 Å². The molecule has 40 heavy (non-hydrogen) atoms. The van der Waals surface area contributed by atoms with Crippen LogP contribution in [0.4, 0.5) is 5.69 Å². The third-order valence-corrected chi connectivity index (χ3v) is 8.78. The monoisotopic (exact) mass is 553 g/mol. The van der Waals surface area contributed by atoms with Crippen molar-refractivity contribution in [3.8, 4) is 35.0 Å². The van der Waals surface area contributed by atoms with E-state index in [1.54, 1.807) is 18.2 Å². The van der Waals surface area contributed by atoms with Crippen molar-refractivity contribution < 1.29 is 13.2 Å². The van der Waals surface area contributed by atoms with Gasteiger partial charge < -0.3 is 9.30 Å². The van der Waals surface area contributed by atoms with Gasteiger partial charge in [0.15, 0.2) is 0 Å². The second-order valence-corrected chi connectivity index (χ2v) is 11.8. The first kappa shape index (κ1) is 25.8. The van der Waals surface area contributed by atoms with Gasteiger partial charge in [-0.15, -0.1) is 0 Å². The first-order valence-electron chi connectivity index (χ1n) is 13.2. The van der Waals surface area contributed by atoms with E-state index in [1.807, 2.05) is 37.3 Å². The normalized spacial score (nSPS) is 16.1. The fourth-order valence-electron chi connectivity index (χ4n) is 5.18. The number of hydrogen-bond acceptors (Lipinski definition) is 7. The van der Waals surface area contributed by atoms with E-state index in [0.717, 1.165) is 54.3 Å². The minimum atomic E-state index is -3.70. The smallest absolute Gasteiger partial charge is 0.299 e. The molecule has 2 aromatic heterocycles. The Labute approximate surface area is 232 Å². The molecule has 1 atom stereocenters. The van der Waals surface area contributed by atoms with Gasteiger partial charge in [0.2, 0.25) is 5.69 Å². The summed E-state index contributed by atoms with van der Waals surface area (Å²) < 4.78 is 38.6. The summed E-state index contributed by atoms with van der Waals surface area (Å²) in [6.07, 6.45) is 8.05. The predicted molar refractivity (Wildman–Crippen MR) is 150 cm³/mol. The van der Waals surface area contributed by atoms with Gasteiger partial charge in [0, 0.05) is 41.6 Å². The molecular weight excluding hydrogens is 526 g/mol. The van der Waals surface area contributed by atoms with Crippen molar-refractivity contribution in [2.75, 3.05) is 4.72 Å². The Bertz CT molecular complexity index is 1780. The van der Waals surface area contributed by atoms with Crippen molar-refractivity contribution in [2.24, 2.45) is 5.92 Å². The van der Waals surface area contributed by atoms with Crippen LogP contribution in [0, 0.1) is 28.6 Å². The van der Waals surface area contributed by atoms with Crippen LogP contribution in [0.15, 0.2) is 54.9 Å². The number of ether oxygens (including phenoxy) is 1. The molecule has 0 amide bonds. The zero-order chi connectivity index (χ0) is 27.9. The lowest BCUT2D eigenvalue weighted by molar-refractivity contribution is 0.324. The van der Waals surface area contributed by atoms with Crippen LogP contribution >= 0.6 is 0 Å². The predicted octanol–water partition coefficient (Wildman–Crippen LogP) is 5.40.